The number of aromatic nitrogens is 1. The first kappa shape index (κ1) is 10.2. The van der Waals surface area contributed by atoms with E-state index in [1.54, 1.807) is 0 Å². The minimum atomic E-state index is -0.465. The first-order chi connectivity index (χ1) is 6.24. The number of ketones is 1. The quantitative estimate of drug-likeness (QED) is 0.696. The minimum absolute atomic E-state index is 0.0705. The second-order valence-electron chi connectivity index (χ2n) is 2.45. The summed E-state index contributed by atoms with van der Waals surface area (Å²) in [5, 5.41) is 0. The highest BCUT2D eigenvalue weighted by atomic mass is 32.2. The van der Waals surface area contributed by atoms with Gasteiger partial charge in [0.2, 0.25) is 0 Å². The van der Waals surface area contributed by atoms with Gasteiger partial charge in [0.05, 0.1) is 11.9 Å². The SMILES string of the molecule is CCSCC(=O)c1cncc(F)c1. The molecule has 0 spiro atoms. The standard InChI is InChI=1S/C9H10FNOS/c1-2-13-6-9(12)7-3-8(10)5-11-4-7/h3-5H,2,6H2,1H3. The third-order valence-electron chi connectivity index (χ3n) is 1.46. The molecule has 70 valence electrons. The summed E-state index contributed by atoms with van der Waals surface area (Å²) in [6, 6.07) is 1.21. The Balaban J connectivity index is 2.66. The van der Waals surface area contributed by atoms with Crippen LogP contribution in [0.3, 0.4) is 0 Å². The summed E-state index contributed by atoms with van der Waals surface area (Å²) in [5.74, 6) is 0.738. The first-order valence-corrected chi connectivity index (χ1v) is 5.11. The van der Waals surface area contributed by atoms with E-state index in [0.29, 0.717) is 11.3 Å². The van der Waals surface area contributed by atoms with Gasteiger partial charge < -0.3 is 0 Å². The van der Waals surface area contributed by atoms with Gasteiger partial charge in [0, 0.05) is 11.8 Å². The predicted octanol–water partition coefficient (Wildman–Crippen LogP) is 2.16. The van der Waals surface area contributed by atoms with E-state index < -0.39 is 5.82 Å². The number of rotatable bonds is 4. The number of carbonyl (C=O) groups is 1. The zero-order chi connectivity index (χ0) is 9.68. The fourth-order valence-electron chi connectivity index (χ4n) is 0.842. The average molecular weight is 199 g/mol. The maximum absolute atomic E-state index is 12.6. The topological polar surface area (TPSA) is 30.0 Å². The Hall–Kier alpha value is -0.900. The Morgan fingerprint density at radius 2 is 2.38 bits per heavy atom. The highest BCUT2D eigenvalue weighted by Crippen LogP contribution is 2.07. The van der Waals surface area contributed by atoms with E-state index in [0.717, 1.165) is 11.9 Å². The van der Waals surface area contributed by atoms with Gasteiger partial charge in [-0.1, -0.05) is 6.92 Å². The summed E-state index contributed by atoms with van der Waals surface area (Å²) < 4.78 is 12.6. The van der Waals surface area contributed by atoms with Gasteiger partial charge in [-0.3, -0.25) is 9.78 Å². The van der Waals surface area contributed by atoms with Crippen LogP contribution >= 0.6 is 11.8 Å². The lowest BCUT2D eigenvalue weighted by molar-refractivity contribution is 0.102. The van der Waals surface area contributed by atoms with Crippen LogP contribution in [0.1, 0.15) is 17.3 Å². The zero-order valence-electron chi connectivity index (χ0n) is 7.29. The Morgan fingerprint density at radius 1 is 1.62 bits per heavy atom. The van der Waals surface area contributed by atoms with E-state index in [1.807, 2.05) is 6.92 Å². The second kappa shape index (κ2) is 4.97. The summed E-state index contributed by atoms with van der Waals surface area (Å²) in [4.78, 5) is 14.9. The van der Waals surface area contributed by atoms with Crippen molar-refractivity contribution in [3.63, 3.8) is 0 Å². The van der Waals surface area contributed by atoms with Crippen LogP contribution in [0, 0.1) is 5.82 Å². The monoisotopic (exact) mass is 199 g/mol. The number of nitrogens with zero attached hydrogens (tertiary/aromatic N) is 1. The minimum Gasteiger partial charge on any atom is -0.293 e. The number of hydrogen-bond donors (Lipinski definition) is 0. The molecule has 0 aliphatic rings. The molecule has 2 nitrogen and oxygen atoms in total. The predicted molar refractivity (Wildman–Crippen MR) is 51.5 cm³/mol. The lowest BCUT2D eigenvalue weighted by atomic mass is 10.2. The van der Waals surface area contributed by atoms with Crippen molar-refractivity contribution in [2.24, 2.45) is 0 Å². The summed E-state index contributed by atoms with van der Waals surface area (Å²) in [6.07, 6.45) is 2.48. The van der Waals surface area contributed by atoms with Crippen molar-refractivity contribution in [2.45, 2.75) is 6.92 Å². The van der Waals surface area contributed by atoms with Gasteiger partial charge in [-0.2, -0.15) is 11.8 Å². The molecule has 0 aromatic carbocycles. The molecule has 1 aromatic rings. The molecule has 1 aromatic heterocycles. The maximum atomic E-state index is 12.6. The molecule has 0 aliphatic carbocycles. The highest BCUT2D eigenvalue weighted by Gasteiger charge is 2.06. The van der Waals surface area contributed by atoms with Crippen LogP contribution in [0.15, 0.2) is 18.5 Å². The van der Waals surface area contributed by atoms with Crippen molar-refractivity contribution in [3.05, 3.63) is 29.8 Å². The number of halogens is 1. The van der Waals surface area contributed by atoms with Crippen molar-refractivity contribution in [1.82, 2.24) is 4.98 Å². The summed E-state index contributed by atoms with van der Waals surface area (Å²) in [5.41, 5.74) is 0.348. The molecule has 0 N–H and O–H groups in total. The fraction of sp³-hybridized carbons (Fsp3) is 0.333. The largest absolute Gasteiger partial charge is 0.293 e. The Labute approximate surface area is 80.6 Å². The summed E-state index contributed by atoms with van der Waals surface area (Å²) in [7, 11) is 0. The number of hydrogen-bond acceptors (Lipinski definition) is 3. The van der Waals surface area contributed by atoms with Crippen molar-refractivity contribution >= 4 is 17.5 Å². The van der Waals surface area contributed by atoms with E-state index in [9.17, 15) is 9.18 Å². The number of thioether (sulfide) groups is 1. The van der Waals surface area contributed by atoms with Crippen LogP contribution in [0.5, 0.6) is 0 Å². The van der Waals surface area contributed by atoms with Crippen LogP contribution in [-0.2, 0) is 0 Å². The third kappa shape index (κ3) is 3.14. The van der Waals surface area contributed by atoms with E-state index in [1.165, 1.54) is 24.0 Å². The van der Waals surface area contributed by atoms with Gasteiger partial charge in [0.25, 0.3) is 0 Å². The van der Waals surface area contributed by atoms with E-state index in [-0.39, 0.29) is 5.78 Å². The fourth-order valence-corrected chi connectivity index (χ4v) is 1.40. The molecule has 1 rings (SSSR count). The lowest BCUT2D eigenvalue weighted by Gasteiger charge is -1.98. The Bertz CT molecular complexity index is 303. The molecular formula is C9H10FNOS. The normalized spacial score (nSPS) is 10.0. The van der Waals surface area contributed by atoms with Gasteiger partial charge in [-0.25, -0.2) is 4.39 Å². The molecule has 0 saturated carbocycles. The lowest BCUT2D eigenvalue weighted by Crippen LogP contribution is -2.03. The smallest absolute Gasteiger partial charge is 0.174 e. The molecule has 4 heteroatoms. The molecule has 0 aliphatic heterocycles. The van der Waals surface area contributed by atoms with Crippen LogP contribution in [0.4, 0.5) is 4.39 Å². The molecule has 0 unspecified atom stereocenters. The number of pyridine rings is 1. The average Bonchev–Trinajstić information content (AvgIpc) is 2.14. The molecule has 13 heavy (non-hydrogen) atoms. The maximum Gasteiger partial charge on any atom is 0.174 e. The van der Waals surface area contributed by atoms with Crippen LogP contribution < -0.4 is 0 Å². The Morgan fingerprint density at radius 3 is 3.00 bits per heavy atom. The molecule has 0 saturated heterocycles. The highest BCUT2D eigenvalue weighted by molar-refractivity contribution is 7.99. The van der Waals surface area contributed by atoms with Crippen molar-refractivity contribution in [1.29, 1.82) is 0 Å². The third-order valence-corrected chi connectivity index (χ3v) is 2.34. The van der Waals surface area contributed by atoms with Gasteiger partial charge in [0.1, 0.15) is 5.82 Å². The van der Waals surface area contributed by atoms with Crippen LogP contribution in [0.25, 0.3) is 0 Å². The van der Waals surface area contributed by atoms with E-state index >= 15 is 0 Å². The molecule has 1 heterocycles. The first-order valence-electron chi connectivity index (χ1n) is 3.95. The number of carbonyl (C=O) groups excluding carboxylic acids is 1. The molecule has 0 radical (unpaired) electrons. The molecule has 0 fully saturated rings. The van der Waals surface area contributed by atoms with Gasteiger partial charge in [0.15, 0.2) is 5.78 Å². The summed E-state index contributed by atoms with van der Waals surface area (Å²) >= 11 is 1.52. The second-order valence-corrected chi connectivity index (χ2v) is 3.73. The van der Waals surface area contributed by atoms with Crippen molar-refractivity contribution in [3.8, 4) is 0 Å². The molecule has 0 amide bonds. The van der Waals surface area contributed by atoms with Crippen LogP contribution in [-0.4, -0.2) is 22.3 Å². The van der Waals surface area contributed by atoms with Crippen LogP contribution in [0.2, 0.25) is 0 Å². The molecular weight excluding hydrogens is 189 g/mol. The van der Waals surface area contributed by atoms with E-state index in [4.69, 9.17) is 0 Å². The Kier molecular flexibility index (Phi) is 3.89. The molecule has 0 atom stereocenters. The summed E-state index contributed by atoms with van der Waals surface area (Å²) in [6.45, 7) is 1.97. The van der Waals surface area contributed by atoms with Crippen molar-refractivity contribution < 1.29 is 9.18 Å². The van der Waals surface area contributed by atoms with Gasteiger partial charge >= 0.3 is 0 Å². The zero-order valence-corrected chi connectivity index (χ0v) is 8.10. The van der Waals surface area contributed by atoms with Gasteiger partial charge in [-0.05, 0) is 11.8 Å². The molecule has 0 bridgehead atoms. The van der Waals surface area contributed by atoms with E-state index in [2.05, 4.69) is 4.98 Å². The van der Waals surface area contributed by atoms with Crippen molar-refractivity contribution in [2.75, 3.05) is 11.5 Å². The van der Waals surface area contributed by atoms with Gasteiger partial charge in [-0.15, -0.1) is 0 Å². The number of Topliss-reactive ketones (excluding diaryl/α,β-unsaturated/α-hetero) is 1.